The third-order valence-electron chi connectivity index (χ3n) is 2.76. The number of thiazole rings is 1. The summed E-state index contributed by atoms with van der Waals surface area (Å²) in [4.78, 5) is 16.5. The lowest BCUT2D eigenvalue weighted by atomic mass is 10.2. The van der Waals surface area contributed by atoms with Gasteiger partial charge in [-0.1, -0.05) is 0 Å². The molecule has 0 aliphatic rings. The van der Waals surface area contributed by atoms with Crippen LogP contribution in [-0.2, 0) is 11.8 Å². The van der Waals surface area contributed by atoms with Gasteiger partial charge in [-0.15, -0.1) is 11.3 Å². The molecule has 21 heavy (non-hydrogen) atoms. The number of amides is 1. The fraction of sp³-hybridized carbons (Fsp3) is 0.200. The van der Waals surface area contributed by atoms with Gasteiger partial charge >= 0.3 is 0 Å². The van der Waals surface area contributed by atoms with Gasteiger partial charge in [-0.2, -0.15) is 4.99 Å². The number of ether oxygens (including phenoxy) is 2. The average molecular weight is 304 g/mol. The molecule has 0 saturated heterocycles. The molecule has 0 aliphatic carbocycles. The fourth-order valence-corrected chi connectivity index (χ4v) is 2.39. The van der Waals surface area contributed by atoms with Crippen LogP contribution in [0.1, 0.15) is 5.56 Å². The number of benzene rings is 1. The maximum absolute atomic E-state index is 11.8. The van der Waals surface area contributed by atoms with Gasteiger partial charge in [0.1, 0.15) is 11.5 Å². The summed E-state index contributed by atoms with van der Waals surface area (Å²) in [5.41, 5.74) is 0.810. The molecule has 0 radical (unpaired) electrons. The number of methoxy groups -OCH3 is 2. The van der Waals surface area contributed by atoms with E-state index in [2.05, 4.69) is 4.99 Å². The van der Waals surface area contributed by atoms with E-state index in [-0.39, 0.29) is 5.91 Å². The van der Waals surface area contributed by atoms with Crippen molar-refractivity contribution in [3.05, 3.63) is 46.2 Å². The van der Waals surface area contributed by atoms with Gasteiger partial charge in [0.05, 0.1) is 14.2 Å². The molecule has 6 heteroatoms. The zero-order chi connectivity index (χ0) is 15.2. The highest BCUT2D eigenvalue weighted by Gasteiger charge is 2.00. The molecule has 0 aliphatic heterocycles. The second kappa shape index (κ2) is 6.90. The second-order valence-electron chi connectivity index (χ2n) is 4.23. The van der Waals surface area contributed by atoms with E-state index in [0.717, 1.165) is 5.56 Å². The summed E-state index contributed by atoms with van der Waals surface area (Å²) in [7, 11) is 5.01. The molecule has 0 unspecified atom stereocenters. The number of aryl methyl sites for hydroxylation is 1. The molecule has 2 aromatic rings. The summed E-state index contributed by atoms with van der Waals surface area (Å²) in [5.74, 6) is 1.03. The third kappa shape index (κ3) is 4.06. The van der Waals surface area contributed by atoms with Crippen molar-refractivity contribution in [1.29, 1.82) is 0 Å². The Morgan fingerprint density at radius 1 is 1.24 bits per heavy atom. The Morgan fingerprint density at radius 3 is 2.43 bits per heavy atom. The minimum atomic E-state index is -0.310. The highest BCUT2D eigenvalue weighted by Crippen LogP contribution is 2.23. The van der Waals surface area contributed by atoms with Crippen molar-refractivity contribution in [1.82, 2.24) is 4.57 Å². The molecule has 0 spiro atoms. The molecule has 2 rings (SSSR count). The highest BCUT2D eigenvalue weighted by atomic mass is 32.1. The van der Waals surface area contributed by atoms with Crippen LogP contribution in [0.3, 0.4) is 0 Å². The largest absolute Gasteiger partial charge is 0.497 e. The van der Waals surface area contributed by atoms with Gasteiger partial charge in [0.25, 0.3) is 5.91 Å². The monoisotopic (exact) mass is 304 g/mol. The molecule has 0 N–H and O–H groups in total. The second-order valence-corrected chi connectivity index (χ2v) is 5.10. The van der Waals surface area contributed by atoms with E-state index in [4.69, 9.17) is 9.47 Å². The van der Waals surface area contributed by atoms with E-state index in [1.54, 1.807) is 30.9 Å². The van der Waals surface area contributed by atoms with E-state index in [1.807, 2.05) is 30.8 Å². The van der Waals surface area contributed by atoms with E-state index >= 15 is 0 Å². The number of carbonyl (C=O) groups is 1. The highest BCUT2D eigenvalue weighted by molar-refractivity contribution is 7.07. The minimum Gasteiger partial charge on any atom is -0.497 e. The summed E-state index contributed by atoms with van der Waals surface area (Å²) >= 11 is 1.41. The Kier molecular flexibility index (Phi) is 4.94. The lowest BCUT2D eigenvalue weighted by molar-refractivity contribution is -0.113. The van der Waals surface area contributed by atoms with Gasteiger partial charge < -0.3 is 14.0 Å². The van der Waals surface area contributed by atoms with Gasteiger partial charge in [-0.25, -0.2) is 0 Å². The van der Waals surface area contributed by atoms with Crippen molar-refractivity contribution in [3.63, 3.8) is 0 Å². The topological polar surface area (TPSA) is 52.8 Å². The van der Waals surface area contributed by atoms with Crippen LogP contribution in [0.2, 0.25) is 0 Å². The first-order valence-electron chi connectivity index (χ1n) is 6.22. The van der Waals surface area contributed by atoms with E-state index in [9.17, 15) is 4.79 Å². The first kappa shape index (κ1) is 15.1. The van der Waals surface area contributed by atoms with Gasteiger partial charge in [0.15, 0.2) is 4.80 Å². The number of hydrogen-bond acceptors (Lipinski definition) is 4. The van der Waals surface area contributed by atoms with Crippen LogP contribution in [0, 0.1) is 0 Å². The molecule has 110 valence electrons. The average Bonchev–Trinajstić information content (AvgIpc) is 2.90. The number of aromatic nitrogens is 1. The fourth-order valence-electron chi connectivity index (χ4n) is 1.66. The lowest BCUT2D eigenvalue weighted by Gasteiger charge is -2.05. The summed E-state index contributed by atoms with van der Waals surface area (Å²) in [6, 6.07) is 5.41. The molecule has 1 heterocycles. The van der Waals surface area contributed by atoms with Crippen LogP contribution in [0.15, 0.2) is 40.8 Å². The van der Waals surface area contributed by atoms with Crippen molar-refractivity contribution in [2.24, 2.45) is 12.0 Å². The minimum absolute atomic E-state index is 0.310. The van der Waals surface area contributed by atoms with E-state index in [1.165, 1.54) is 17.4 Å². The Balaban J connectivity index is 2.21. The maximum Gasteiger partial charge on any atom is 0.272 e. The molecule has 1 aromatic heterocycles. The molecule has 1 aromatic carbocycles. The standard InChI is InChI=1S/C15H16N2O3S/c1-17-6-7-21-15(17)16-14(18)5-4-11-8-12(19-2)10-13(9-11)20-3/h4-10H,1-3H3/b5-4-,16-15?. The molecule has 0 bridgehead atoms. The van der Waals surface area contributed by atoms with Crippen molar-refractivity contribution in [2.45, 2.75) is 0 Å². The summed E-state index contributed by atoms with van der Waals surface area (Å²) < 4.78 is 12.2. The summed E-state index contributed by atoms with van der Waals surface area (Å²) in [5, 5.41) is 1.88. The SMILES string of the molecule is COc1cc(/C=C\C(=O)N=c2sccn2C)cc(OC)c1. The van der Waals surface area contributed by atoms with Gasteiger partial charge in [0, 0.05) is 30.8 Å². The van der Waals surface area contributed by atoms with Crippen LogP contribution >= 0.6 is 11.3 Å². The van der Waals surface area contributed by atoms with Crippen molar-refractivity contribution < 1.29 is 14.3 Å². The van der Waals surface area contributed by atoms with Crippen LogP contribution in [0.25, 0.3) is 6.08 Å². The predicted octanol–water partition coefficient (Wildman–Crippen LogP) is 2.24. The van der Waals surface area contributed by atoms with E-state index < -0.39 is 0 Å². The summed E-state index contributed by atoms with van der Waals surface area (Å²) in [6.45, 7) is 0. The summed E-state index contributed by atoms with van der Waals surface area (Å²) in [6.07, 6.45) is 4.96. The van der Waals surface area contributed by atoms with E-state index in [0.29, 0.717) is 16.3 Å². The molecule has 0 fully saturated rings. The predicted molar refractivity (Wildman–Crippen MR) is 82.4 cm³/mol. The van der Waals surface area contributed by atoms with Gasteiger partial charge in [-0.3, -0.25) is 4.79 Å². The first-order chi connectivity index (χ1) is 10.1. The number of rotatable bonds is 4. The Labute approximate surface area is 126 Å². The maximum atomic E-state index is 11.8. The van der Waals surface area contributed by atoms with Crippen molar-refractivity contribution in [3.8, 4) is 11.5 Å². The number of carbonyl (C=O) groups excluding carboxylic acids is 1. The Morgan fingerprint density at radius 2 is 1.90 bits per heavy atom. The van der Waals surface area contributed by atoms with Crippen LogP contribution in [-0.4, -0.2) is 24.7 Å². The number of hydrogen-bond donors (Lipinski definition) is 0. The zero-order valence-corrected chi connectivity index (χ0v) is 12.9. The van der Waals surface area contributed by atoms with Gasteiger partial charge in [-0.05, 0) is 23.8 Å². The molecule has 0 atom stereocenters. The molecular formula is C15H16N2O3S. The van der Waals surface area contributed by atoms with Crippen LogP contribution < -0.4 is 14.3 Å². The molecule has 1 amide bonds. The van der Waals surface area contributed by atoms with Crippen molar-refractivity contribution in [2.75, 3.05) is 14.2 Å². The van der Waals surface area contributed by atoms with Crippen LogP contribution in [0.5, 0.6) is 11.5 Å². The molecular weight excluding hydrogens is 288 g/mol. The number of nitrogens with zero attached hydrogens (tertiary/aromatic N) is 2. The normalized spacial score (nSPS) is 11.9. The van der Waals surface area contributed by atoms with Crippen LogP contribution in [0.4, 0.5) is 0 Å². The zero-order valence-electron chi connectivity index (χ0n) is 12.1. The Bertz CT molecular complexity index is 706. The lowest BCUT2D eigenvalue weighted by Crippen LogP contribution is -2.11. The smallest absolute Gasteiger partial charge is 0.272 e. The first-order valence-corrected chi connectivity index (χ1v) is 7.10. The molecule has 0 saturated carbocycles. The van der Waals surface area contributed by atoms with Gasteiger partial charge in [0.2, 0.25) is 0 Å². The third-order valence-corrected chi connectivity index (χ3v) is 3.61. The quantitative estimate of drug-likeness (QED) is 0.814. The molecule has 5 nitrogen and oxygen atoms in total. The Hall–Kier alpha value is -2.34. The van der Waals surface area contributed by atoms with Crippen molar-refractivity contribution >= 4 is 23.3 Å².